The number of likely N-dealkylation sites (tertiary alicyclic amines) is 1. The molecule has 2 fully saturated rings. The second-order valence-corrected chi connectivity index (χ2v) is 8.79. The second kappa shape index (κ2) is 7.58. The van der Waals surface area contributed by atoms with Crippen LogP contribution in [0.3, 0.4) is 0 Å². The summed E-state index contributed by atoms with van der Waals surface area (Å²) in [5.41, 5.74) is 9.44. The number of benzene rings is 1. The van der Waals surface area contributed by atoms with Crippen LogP contribution in [0.2, 0.25) is 0 Å². The summed E-state index contributed by atoms with van der Waals surface area (Å²) in [6.07, 6.45) is 0.0933. The third kappa shape index (κ3) is 3.22. The number of aliphatic imine (C=N–C) groups is 2. The van der Waals surface area contributed by atoms with Gasteiger partial charge in [-0.05, 0) is 18.2 Å². The van der Waals surface area contributed by atoms with E-state index in [0.717, 1.165) is 17.0 Å². The monoisotopic (exact) mass is 492 g/mol. The third-order valence-electron chi connectivity index (χ3n) is 6.80. The fourth-order valence-electron chi connectivity index (χ4n) is 5.16. The van der Waals surface area contributed by atoms with Gasteiger partial charge in [0.2, 0.25) is 17.6 Å². The average Bonchev–Trinajstić information content (AvgIpc) is 3.38. The molecule has 15 heteroatoms. The van der Waals surface area contributed by atoms with Gasteiger partial charge in [0.1, 0.15) is 23.7 Å². The van der Waals surface area contributed by atoms with Gasteiger partial charge in [-0.25, -0.2) is 18.8 Å². The number of hydrogen-bond donors (Lipinski definition) is 6. The van der Waals surface area contributed by atoms with E-state index in [1.165, 1.54) is 4.90 Å². The SMILES string of the molecule is NC1=N[C@H]2[C@H](CN3C(=O)CCC3=O)N=C(N)N3C[C@H](NC(=O)c4cc(F)ccc4F)C(O)(O)[C@]23N1. The van der Waals surface area contributed by atoms with E-state index in [0.29, 0.717) is 6.07 Å². The van der Waals surface area contributed by atoms with Crippen molar-refractivity contribution in [2.75, 3.05) is 13.1 Å². The van der Waals surface area contributed by atoms with Crippen LogP contribution < -0.4 is 22.1 Å². The zero-order chi connectivity index (χ0) is 25.3. The summed E-state index contributed by atoms with van der Waals surface area (Å²) >= 11 is 0. The number of carbonyl (C=O) groups excluding carboxylic acids is 3. The van der Waals surface area contributed by atoms with Crippen LogP contribution in [0.15, 0.2) is 28.2 Å². The summed E-state index contributed by atoms with van der Waals surface area (Å²) < 4.78 is 27.7. The van der Waals surface area contributed by atoms with Crippen LogP contribution >= 0.6 is 0 Å². The molecule has 1 aromatic carbocycles. The molecule has 4 aliphatic rings. The van der Waals surface area contributed by atoms with E-state index >= 15 is 0 Å². The number of nitrogens with one attached hydrogen (secondary N) is 2. The molecule has 4 aliphatic heterocycles. The van der Waals surface area contributed by atoms with E-state index in [2.05, 4.69) is 20.6 Å². The van der Waals surface area contributed by atoms with Gasteiger partial charge in [-0.15, -0.1) is 0 Å². The van der Waals surface area contributed by atoms with Crippen molar-refractivity contribution in [3.63, 3.8) is 0 Å². The van der Waals surface area contributed by atoms with Crippen LogP contribution in [0.25, 0.3) is 0 Å². The molecule has 186 valence electrons. The Kier molecular flexibility index (Phi) is 4.96. The van der Waals surface area contributed by atoms with Gasteiger partial charge in [-0.2, -0.15) is 0 Å². The van der Waals surface area contributed by atoms with Crippen molar-refractivity contribution in [2.45, 2.75) is 42.4 Å². The van der Waals surface area contributed by atoms with Gasteiger partial charge in [-0.1, -0.05) is 0 Å². The molecule has 1 spiro atoms. The number of nitrogens with two attached hydrogens (primary N) is 2. The Morgan fingerprint density at radius 2 is 1.89 bits per heavy atom. The van der Waals surface area contributed by atoms with E-state index in [1.54, 1.807) is 0 Å². The van der Waals surface area contributed by atoms with Crippen LogP contribution in [-0.4, -0.2) is 92.3 Å². The summed E-state index contributed by atoms with van der Waals surface area (Å²) in [7, 11) is 0. The van der Waals surface area contributed by atoms with Crippen molar-refractivity contribution in [3.05, 3.63) is 35.4 Å². The lowest BCUT2D eigenvalue weighted by molar-refractivity contribution is -0.230. The molecule has 0 aromatic heterocycles. The minimum absolute atomic E-state index is 0.0467. The molecular weight excluding hydrogens is 470 g/mol. The van der Waals surface area contributed by atoms with Crippen molar-refractivity contribution in [2.24, 2.45) is 21.5 Å². The molecule has 1 aromatic rings. The lowest BCUT2D eigenvalue weighted by Crippen LogP contribution is -2.78. The zero-order valence-electron chi connectivity index (χ0n) is 18.1. The number of imide groups is 1. The Labute approximate surface area is 196 Å². The number of rotatable bonds is 4. The lowest BCUT2D eigenvalue weighted by Gasteiger charge is -2.49. The number of guanidine groups is 2. The standard InChI is InChI=1S/C20H22F2N8O5/c21-8-1-2-10(22)9(5-8)16(33)26-12-7-30-18(24)25-11(6-29-13(31)3-4-14(29)32)15-19(30,20(12,34)35)28-17(23)27-15/h1-2,5,11-12,15,34-35H,3-4,6-7H2,(H2,24,25)(H,26,33)(H3,23,27,28)/t11-,12-,15-,19-/m0/s1. The molecule has 2 saturated heterocycles. The van der Waals surface area contributed by atoms with Crippen molar-refractivity contribution in [1.82, 2.24) is 20.4 Å². The van der Waals surface area contributed by atoms with Crippen molar-refractivity contribution in [3.8, 4) is 0 Å². The first kappa shape index (κ1) is 22.9. The van der Waals surface area contributed by atoms with Gasteiger partial charge in [0.05, 0.1) is 18.2 Å². The van der Waals surface area contributed by atoms with Gasteiger partial charge < -0.3 is 37.2 Å². The molecule has 8 N–H and O–H groups in total. The molecule has 0 aliphatic carbocycles. The van der Waals surface area contributed by atoms with Gasteiger partial charge >= 0.3 is 0 Å². The molecular formula is C20H22F2N8O5. The van der Waals surface area contributed by atoms with Crippen LogP contribution in [-0.2, 0) is 9.59 Å². The van der Waals surface area contributed by atoms with Crippen molar-refractivity contribution < 1.29 is 33.4 Å². The first-order chi connectivity index (χ1) is 16.5. The van der Waals surface area contributed by atoms with E-state index in [9.17, 15) is 33.4 Å². The molecule has 0 bridgehead atoms. The maximum absolute atomic E-state index is 14.1. The molecule has 4 heterocycles. The molecule has 35 heavy (non-hydrogen) atoms. The quantitative estimate of drug-likeness (QED) is 0.186. The number of halogens is 2. The summed E-state index contributed by atoms with van der Waals surface area (Å²) in [6, 6.07) is -1.33. The first-order valence-electron chi connectivity index (χ1n) is 10.7. The third-order valence-corrected chi connectivity index (χ3v) is 6.80. The Balaban J connectivity index is 1.48. The number of carbonyl (C=O) groups is 3. The van der Waals surface area contributed by atoms with E-state index in [1.807, 2.05) is 0 Å². The summed E-state index contributed by atoms with van der Waals surface area (Å²) in [5.74, 6) is -6.98. The topological polar surface area (TPSA) is 199 Å². The number of aliphatic hydroxyl groups is 2. The maximum Gasteiger partial charge on any atom is 0.254 e. The highest BCUT2D eigenvalue weighted by Crippen LogP contribution is 2.45. The predicted octanol–water partition coefficient (Wildman–Crippen LogP) is -3.11. The average molecular weight is 492 g/mol. The second-order valence-electron chi connectivity index (χ2n) is 8.79. The normalized spacial score (nSPS) is 31.0. The molecule has 3 amide bonds. The van der Waals surface area contributed by atoms with Gasteiger partial charge in [-0.3, -0.25) is 19.3 Å². The molecule has 5 rings (SSSR count). The molecule has 0 unspecified atom stereocenters. The highest BCUT2D eigenvalue weighted by Gasteiger charge is 2.73. The van der Waals surface area contributed by atoms with E-state index in [4.69, 9.17) is 11.5 Å². The number of amides is 3. The maximum atomic E-state index is 14.1. The zero-order valence-corrected chi connectivity index (χ0v) is 18.1. The molecule has 4 atom stereocenters. The fraction of sp³-hybridized carbons (Fsp3) is 0.450. The minimum atomic E-state index is -2.82. The van der Waals surface area contributed by atoms with Crippen LogP contribution in [0, 0.1) is 11.6 Å². The van der Waals surface area contributed by atoms with Crippen LogP contribution in [0.4, 0.5) is 8.78 Å². The summed E-state index contributed by atoms with van der Waals surface area (Å²) in [6.45, 7) is -0.537. The fourth-order valence-corrected chi connectivity index (χ4v) is 5.16. The van der Waals surface area contributed by atoms with Crippen molar-refractivity contribution >= 4 is 29.6 Å². The Hall–Kier alpha value is -3.85. The smallest absolute Gasteiger partial charge is 0.254 e. The minimum Gasteiger partial charge on any atom is -0.370 e. The Morgan fingerprint density at radius 3 is 2.57 bits per heavy atom. The molecule has 13 nitrogen and oxygen atoms in total. The van der Waals surface area contributed by atoms with E-state index < -0.39 is 64.5 Å². The molecule has 0 radical (unpaired) electrons. The van der Waals surface area contributed by atoms with E-state index in [-0.39, 0.29) is 37.9 Å². The van der Waals surface area contributed by atoms with Gasteiger partial charge in [0, 0.05) is 19.4 Å². The van der Waals surface area contributed by atoms with Crippen LogP contribution in [0.5, 0.6) is 0 Å². The van der Waals surface area contributed by atoms with Gasteiger partial charge in [0.25, 0.3) is 5.91 Å². The Morgan fingerprint density at radius 1 is 1.20 bits per heavy atom. The largest absolute Gasteiger partial charge is 0.370 e. The highest BCUT2D eigenvalue weighted by molar-refractivity contribution is 6.02. The first-order valence-corrected chi connectivity index (χ1v) is 10.7. The predicted molar refractivity (Wildman–Crippen MR) is 114 cm³/mol. The summed E-state index contributed by atoms with van der Waals surface area (Å²) in [5, 5.41) is 27.7. The lowest BCUT2D eigenvalue weighted by atomic mass is 9.84. The summed E-state index contributed by atoms with van der Waals surface area (Å²) in [4.78, 5) is 47.8. The Bertz CT molecular complexity index is 1190. The van der Waals surface area contributed by atoms with Gasteiger partial charge in [0.15, 0.2) is 17.6 Å². The van der Waals surface area contributed by atoms with Crippen LogP contribution in [0.1, 0.15) is 23.2 Å². The molecule has 0 saturated carbocycles. The number of hydrogen-bond acceptors (Lipinski definition) is 11. The van der Waals surface area contributed by atoms with Crippen molar-refractivity contribution in [1.29, 1.82) is 0 Å². The highest BCUT2D eigenvalue weighted by atomic mass is 19.1. The number of nitrogens with zero attached hydrogens (tertiary/aromatic N) is 4.